The first-order chi connectivity index (χ1) is 8.70. The standard InChI is InChI=1S/C14H18BrNO2/c1-10-14(4-6-16-7-5-14)17-9-11-8-12(15)2-3-13(11)18-10/h2-3,8,10,16H,4-7,9H2,1H3. The first kappa shape index (κ1) is 12.5. The molecule has 0 saturated carbocycles. The van der Waals surface area contributed by atoms with Gasteiger partial charge in [-0.25, -0.2) is 0 Å². The lowest BCUT2D eigenvalue weighted by Crippen LogP contribution is -2.52. The molecule has 2 aliphatic rings. The van der Waals surface area contributed by atoms with Gasteiger partial charge in [-0.2, -0.15) is 0 Å². The number of rotatable bonds is 0. The molecule has 0 radical (unpaired) electrons. The second-order valence-corrected chi connectivity index (χ2v) is 6.03. The molecule has 18 heavy (non-hydrogen) atoms. The van der Waals surface area contributed by atoms with Gasteiger partial charge in [0, 0.05) is 10.0 Å². The fraction of sp³-hybridized carbons (Fsp3) is 0.571. The zero-order chi connectivity index (χ0) is 12.6. The van der Waals surface area contributed by atoms with Crippen molar-refractivity contribution in [3.8, 4) is 5.75 Å². The highest BCUT2D eigenvalue weighted by atomic mass is 79.9. The highest BCUT2D eigenvalue weighted by Crippen LogP contribution is 2.37. The van der Waals surface area contributed by atoms with Gasteiger partial charge in [-0.15, -0.1) is 0 Å². The molecular weight excluding hydrogens is 294 g/mol. The van der Waals surface area contributed by atoms with Gasteiger partial charge in [0.2, 0.25) is 0 Å². The van der Waals surface area contributed by atoms with Crippen molar-refractivity contribution in [3.63, 3.8) is 0 Å². The van der Waals surface area contributed by atoms with Gasteiger partial charge in [0.1, 0.15) is 17.5 Å². The average molecular weight is 312 g/mol. The number of halogens is 1. The number of hydrogen-bond acceptors (Lipinski definition) is 3. The smallest absolute Gasteiger partial charge is 0.125 e. The SMILES string of the molecule is CC1Oc2ccc(Br)cc2COC12CCNCC2. The van der Waals surface area contributed by atoms with E-state index in [2.05, 4.69) is 34.2 Å². The van der Waals surface area contributed by atoms with Crippen molar-refractivity contribution in [2.75, 3.05) is 13.1 Å². The van der Waals surface area contributed by atoms with Crippen LogP contribution in [0.25, 0.3) is 0 Å². The molecule has 2 aliphatic heterocycles. The molecule has 0 aliphatic carbocycles. The van der Waals surface area contributed by atoms with Crippen LogP contribution in [-0.4, -0.2) is 24.8 Å². The number of piperidine rings is 1. The van der Waals surface area contributed by atoms with E-state index in [9.17, 15) is 0 Å². The predicted octanol–water partition coefficient (Wildman–Crippen LogP) is 2.87. The lowest BCUT2D eigenvalue weighted by atomic mass is 9.87. The second kappa shape index (κ2) is 4.83. The average Bonchev–Trinajstić information content (AvgIpc) is 2.51. The Morgan fingerprint density at radius 2 is 2.11 bits per heavy atom. The van der Waals surface area contributed by atoms with Crippen LogP contribution in [0.2, 0.25) is 0 Å². The lowest BCUT2D eigenvalue weighted by molar-refractivity contribution is -0.122. The van der Waals surface area contributed by atoms with Crippen molar-refractivity contribution in [1.29, 1.82) is 0 Å². The summed E-state index contributed by atoms with van der Waals surface area (Å²) < 4.78 is 13.4. The number of hydrogen-bond donors (Lipinski definition) is 1. The number of ether oxygens (including phenoxy) is 2. The van der Waals surface area contributed by atoms with E-state index in [-0.39, 0.29) is 11.7 Å². The summed E-state index contributed by atoms with van der Waals surface area (Å²) in [4.78, 5) is 0. The van der Waals surface area contributed by atoms with Crippen molar-refractivity contribution in [1.82, 2.24) is 5.32 Å². The molecule has 1 unspecified atom stereocenters. The molecule has 1 saturated heterocycles. The molecule has 98 valence electrons. The van der Waals surface area contributed by atoms with Crippen LogP contribution in [0.1, 0.15) is 25.3 Å². The molecule has 0 aromatic heterocycles. The van der Waals surface area contributed by atoms with Gasteiger partial charge in [0.05, 0.1) is 6.61 Å². The van der Waals surface area contributed by atoms with Gasteiger partial charge in [0.25, 0.3) is 0 Å². The molecule has 3 rings (SSSR count). The van der Waals surface area contributed by atoms with Crippen molar-refractivity contribution < 1.29 is 9.47 Å². The van der Waals surface area contributed by atoms with Gasteiger partial charge in [-0.3, -0.25) is 0 Å². The van der Waals surface area contributed by atoms with Crippen LogP contribution in [0.5, 0.6) is 5.75 Å². The quantitative estimate of drug-likeness (QED) is 0.799. The zero-order valence-corrected chi connectivity index (χ0v) is 12.1. The highest BCUT2D eigenvalue weighted by Gasteiger charge is 2.42. The summed E-state index contributed by atoms with van der Waals surface area (Å²) in [6, 6.07) is 6.13. The summed E-state index contributed by atoms with van der Waals surface area (Å²) >= 11 is 3.50. The molecule has 1 atom stereocenters. The maximum atomic E-state index is 6.24. The Kier molecular flexibility index (Phi) is 3.34. The Bertz CT molecular complexity index is 443. The molecule has 1 N–H and O–H groups in total. The van der Waals surface area contributed by atoms with E-state index in [1.54, 1.807) is 0 Å². The van der Waals surface area contributed by atoms with Crippen LogP contribution in [0, 0.1) is 0 Å². The third-order valence-electron chi connectivity index (χ3n) is 4.03. The Balaban J connectivity index is 1.89. The highest BCUT2D eigenvalue weighted by molar-refractivity contribution is 9.10. The number of benzene rings is 1. The molecule has 1 fully saturated rings. The minimum Gasteiger partial charge on any atom is -0.487 e. The minimum atomic E-state index is -0.128. The first-order valence-corrected chi connectivity index (χ1v) is 7.29. The summed E-state index contributed by atoms with van der Waals surface area (Å²) in [7, 11) is 0. The Morgan fingerprint density at radius 1 is 1.33 bits per heavy atom. The van der Waals surface area contributed by atoms with Crippen LogP contribution in [-0.2, 0) is 11.3 Å². The molecule has 1 aromatic rings. The Labute approximate surface area is 116 Å². The molecule has 4 heteroatoms. The van der Waals surface area contributed by atoms with Crippen molar-refractivity contribution >= 4 is 15.9 Å². The Morgan fingerprint density at radius 3 is 2.89 bits per heavy atom. The third kappa shape index (κ3) is 2.17. The summed E-state index contributed by atoms with van der Waals surface area (Å²) in [6.07, 6.45) is 2.13. The van der Waals surface area contributed by atoms with E-state index in [1.165, 1.54) is 0 Å². The molecule has 0 amide bonds. The van der Waals surface area contributed by atoms with Gasteiger partial charge in [-0.1, -0.05) is 15.9 Å². The molecule has 0 bridgehead atoms. The molecule has 1 aromatic carbocycles. The topological polar surface area (TPSA) is 30.5 Å². The summed E-state index contributed by atoms with van der Waals surface area (Å²) in [5.74, 6) is 0.959. The maximum absolute atomic E-state index is 6.24. The van der Waals surface area contributed by atoms with E-state index >= 15 is 0 Å². The predicted molar refractivity (Wildman–Crippen MR) is 73.9 cm³/mol. The summed E-state index contributed by atoms with van der Waals surface area (Å²) in [6.45, 7) is 4.78. The fourth-order valence-electron chi connectivity index (χ4n) is 2.81. The van der Waals surface area contributed by atoms with Crippen LogP contribution in [0.15, 0.2) is 22.7 Å². The Hall–Kier alpha value is -0.580. The van der Waals surface area contributed by atoms with E-state index in [0.29, 0.717) is 6.61 Å². The van der Waals surface area contributed by atoms with Crippen molar-refractivity contribution in [2.24, 2.45) is 0 Å². The largest absolute Gasteiger partial charge is 0.487 e. The van der Waals surface area contributed by atoms with Gasteiger partial charge in [0.15, 0.2) is 0 Å². The van der Waals surface area contributed by atoms with Crippen LogP contribution >= 0.6 is 15.9 Å². The number of fused-ring (bicyclic) bond motifs is 1. The van der Waals surface area contributed by atoms with Crippen molar-refractivity contribution in [2.45, 2.75) is 38.1 Å². The monoisotopic (exact) mass is 311 g/mol. The first-order valence-electron chi connectivity index (χ1n) is 6.49. The maximum Gasteiger partial charge on any atom is 0.125 e. The van der Waals surface area contributed by atoms with E-state index in [0.717, 1.165) is 41.7 Å². The molecular formula is C14H18BrNO2. The van der Waals surface area contributed by atoms with E-state index < -0.39 is 0 Å². The molecule has 1 spiro atoms. The van der Waals surface area contributed by atoms with E-state index in [1.807, 2.05) is 12.1 Å². The van der Waals surface area contributed by atoms with Crippen LogP contribution in [0.3, 0.4) is 0 Å². The summed E-state index contributed by atoms with van der Waals surface area (Å²) in [5, 5.41) is 3.38. The zero-order valence-electron chi connectivity index (χ0n) is 10.5. The number of nitrogens with one attached hydrogen (secondary N) is 1. The van der Waals surface area contributed by atoms with Gasteiger partial charge < -0.3 is 14.8 Å². The summed E-state index contributed by atoms with van der Waals surface area (Å²) in [5.41, 5.74) is 1.00. The van der Waals surface area contributed by atoms with E-state index in [4.69, 9.17) is 9.47 Å². The molecule has 2 heterocycles. The van der Waals surface area contributed by atoms with Gasteiger partial charge in [-0.05, 0) is 51.1 Å². The lowest BCUT2D eigenvalue weighted by Gasteiger charge is -2.40. The molecule has 3 nitrogen and oxygen atoms in total. The second-order valence-electron chi connectivity index (χ2n) is 5.12. The third-order valence-corrected chi connectivity index (χ3v) is 4.53. The van der Waals surface area contributed by atoms with Crippen molar-refractivity contribution in [3.05, 3.63) is 28.2 Å². The van der Waals surface area contributed by atoms with Gasteiger partial charge >= 0.3 is 0 Å². The van der Waals surface area contributed by atoms with Crippen LogP contribution in [0.4, 0.5) is 0 Å². The fourth-order valence-corrected chi connectivity index (χ4v) is 3.22. The van der Waals surface area contributed by atoms with Crippen LogP contribution < -0.4 is 10.1 Å². The normalized spacial score (nSPS) is 26.2. The minimum absolute atomic E-state index is 0.0991.